The molecule has 0 spiro atoms. The molecule has 1 aliphatic carbocycles. The molecule has 2 nitrogen and oxygen atoms in total. The van der Waals surface area contributed by atoms with E-state index >= 15 is 0 Å². The van der Waals surface area contributed by atoms with Gasteiger partial charge in [0, 0.05) is 6.04 Å². The number of hydrogen-bond donors (Lipinski definition) is 2. The average molecular weight is 226 g/mol. The van der Waals surface area contributed by atoms with Crippen LogP contribution in [0.25, 0.3) is 10.8 Å². The lowest BCUT2D eigenvalue weighted by Crippen LogP contribution is -2.28. The van der Waals surface area contributed by atoms with Gasteiger partial charge in [-0.1, -0.05) is 49.2 Å². The van der Waals surface area contributed by atoms with Crippen molar-refractivity contribution in [3.05, 3.63) is 48.0 Å². The van der Waals surface area contributed by atoms with E-state index in [1.54, 1.807) is 0 Å². The Hall–Kier alpha value is -1.38. The van der Waals surface area contributed by atoms with Gasteiger partial charge in [0.2, 0.25) is 0 Å². The molecule has 0 aliphatic heterocycles. The number of benzene rings is 2. The summed E-state index contributed by atoms with van der Waals surface area (Å²) in [5.74, 6) is 6.55. The van der Waals surface area contributed by atoms with Crippen LogP contribution in [0.4, 0.5) is 0 Å². The summed E-state index contributed by atoms with van der Waals surface area (Å²) in [7, 11) is 0. The van der Waals surface area contributed by atoms with Gasteiger partial charge >= 0.3 is 0 Å². The highest BCUT2D eigenvalue weighted by molar-refractivity contribution is 5.83. The molecule has 17 heavy (non-hydrogen) atoms. The van der Waals surface area contributed by atoms with Gasteiger partial charge in [-0.2, -0.15) is 0 Å². The van der Waals surface area contributed by atoms with E-state index in [4.69, 9.17) is 5.84 Å². The molecule has 3 N–H and O–H groups in total. The Balaban J connectivity index is 1.92. The van der Waals surface area contributed by atoms with Crippen molar-refractivity contribution in [2.75, 3.05) is 0 Å². The van der Waals surface area contributed by atoms with E-state index in [-0.39, 0.29) is 0 Å². The van der Waals surface area contributed by atoms with E-state index < -0.39 is 0 Å². The minimum Gasteiger partial charge on any atom is -0.271 e. The smallest absolute Gasteiger partial charge is 0.0462 e. The first-order valence-corrected chi connectivity index (χ1v) is 6.31. The van der Waals surface area contributed by atoms with Crippen LogP contribution in [0.1, 0.15) is 30.9 Å². The molecule has 2 aromatic carbocycles. The van der Waals surface area contributed by atoms with Crippen LogP contribution in [0.2, 0.25) is 0 Å². The molecule has 3 rings (SSSR count). The molecule has 88 valence electrons. The lowest BCUT2D eigenvalue weighted by Gasteiger charge is -2.16. The predicted octanol–water partition coefficient (Wildman–Crippen LogP) is 3.14. The molecule has 0 bridgehead atoms. The maximum absolute atomic E-state index is 5.67. The van der Waals surface area contributed by atoms with E-state index in [1.165, 1.54) is 29.2 Å². The van der Waals surface area contributed by atoms with Gasteiger partial charge in [0.25, 0.3) is 0 Å². The second kappa shape index (κ2) is 4.47. The maximum atomic E-state index is 5.67. The summed E-state index contributed by atoms with van der Waals surface area (Å²) in [6, 6.07) is 15.4. The lowest BCUT2D eigenvalue weighted by molar-refractivity contribution is 0.487. The Morgan fingerprint density at radius 1 is 1.12 bits per heavy atom. The van der Waals surface area contributed by atoms with E-state index in [9.17, 15) is 0 Å². The first-order chi connectivity index (χ1) is 8.36. The SMILES string of the molecule is NNC(CC1CC1)c1ccc2ccccc2c1. The molecule has 1 unspecified atom stereocenters. The normalized spacial score (nSPS) is 17.2. The Labute approximate surface area is 102 Å². The highest BCUT2D eigenvalue weighted by atomic mass is 15.2. The van der Waals surface area contributed by atoms with Crippen molar-refractivity contribution < 1.29 is 0 Å². The van der Waals surface area contributed by atoms with Crippen molar-refractivity contribution in [1.82, 2.24) is 5.43 Å². The Kier molecular flexibility index (Phi) is 2.83. The second-order valence-electron chi connectivity index (χ2n) is 5.00. The number of nitrogens with two attached hydrogens (primary N) is 1. The fraction of sp³-hybridized carbons (Fsp3) is 0.333. The summed E-state index contributed by atoms with van der Waals surface area (Å²) in [6.45, 7) is 0. The highest BCUT2D eigenvalue weighted by Crippen LogP contribution is 2.37. The van der Waals surface area contributed by atoms with Crippen molar-refractivity contribution in [3.63, 3.8) is 0 Å². The van der Waals surface area contributed by atoms with Crippen molar-refractivity contribution in [1.29, 1.82) is 0 Å². The summed E-state index contributed by atoms with van der Waals surface area (Å²) in [6.07, 6.45) is 3.90. The van der Waals surface area contributed by atoms with Crippen LogP contribution >= 0.6 is 0 Å². The standard InChI is InChI=1S/C15H18N2/c16-17-15(9-11-5-6-11)14-8-7-12-3-1-2-4-13(12)10-14/h1-4,7-8,10-11,15,17H,5-6,9,16H2. The van der Waals surface area contributed by atoms with Crippen LogP contribution < -0.4 is 11.3 Å². The zero-order valence-electron chi connectivity index (χ0n) is 9.89. The zero-order chi connectivity index (χ0) is 11.7. The molecule has 2 heteroatoms. The monoisotopic (exact) mass is 226 g/mol. The van der Waals surface area contributed by atoms with Crippen LogP contribution in [0.3, 0.4) is 0 Å². The van der Waals surface area contributed by atoms with Crippen LogP contribution in [-0.4, -0.2) is 0 Å². The molecular weight excluding hydrogens is 208 g/mol. The van der Waals surface area contributed by atoms with Gasteiger partial charge in [0.1, 0.15) is 0 Å². The number of rotatable bonds is 4. The molecular formula is C15H18N2. The summed E-state index contributed by atoms with van der Waals surface area (Å²) >= 11 is 0. The van der Waals surface area contributed by atoms with Gasteiger partial charge in [0.05, 0.1) is 0 Å². The largest absolute Gasteiger partial charge is 0.271 e. The van der Waals surface area contributed by atoms with Gasteiger partial charge in [-0.05, 0) is 34.7 Å². The minimum atomic E-state index is 0.298. The molecule has 0 radical (unpaired) electrons. The summed E-state index contributed by atoms with van der Waals surface area (Å²) < 4.78 is 0. The van der Waals surface area contributed by atoms with Crippen LogP contribution in [0.5, 0.6) is 0 Å². The molecule has 2 aromatic rings. The summed E-state index contributed by atoms with van der Waals surface area (Å²) in [5.41, 5.74) is 4.26. The molecule has 1 aliphatic rings. The molecule has 1 saturated carbocycles. The number of hydrazine groups is 1. The van der Waals surface area contributed by atoms with Crippen LogP contribution in [0, 0.1) is 5.92 Å². The van der Waals surface area contributed by atoms with E-state index in [2.05, 4.69) is 47.9 Å². The second-order valence-corrected chi connectivity index (χ2v) is 5.00. The Morgan fingerprint density at radius 2 is 1.88 bits per heavy atom. The van der Waals surface area contributed by atoms with E-state index in [1.807, 2.05) is 0 Å². The molecule has 0 aromatic heterocycles. The summed E-state index contributed by atoms with van der Waals surface area (Å²) in [5, 5.41) is 2.58. The first-order valence-electron chi connectivity index (χ1n) is 6.31. The van der Waals surface area contributed by atoms with Gasteiger partial charge in [-0.25, -0.2) is 0 Å². The van der Waals surface area contributed by atoms with Crippen molar-refractivity contribution in [2.45, 2.75) is 25.3 Å². The molecule has 0 heterocycles. The molecule has 0 saturated heterocycles. The number of fused-ring (bicyclic) bond motifs is 1. The molecule has 0 amide bonds. The van der Waals surface area contributed by atoms with Crippen molar-refractivity contribution in [2.24, 2.45) is 11.8 Å². The van der Waals surface area contributed by atoms with Gasteiger partial charge in [-0.15, -0.1) is 0 Å². The minimum absolute atomic E-state index is 0.298. The fourth-order valence-corrected chi connectivity index (χ4v) is 2.41. The zero-order valence-corrected chi connectivity index (χ0v) is 9.89. The molecule has 1 fully saturated rings. The average Bonchev–Trinajstić information content (AvgIpc) is 3.19. The first kappa shape index (κ1) is 10.8. The fourth-order valence-electron chi connectivity index (χ4n) is 2.41. The van der Waals surface area contributed by atoms with Gasteiger partial charge in [0.15, 0.2) is 0 Å². The predicted molar refractivity (Wildman–Crippen MR) is 71.4 cm³/mol. The van der Waals surface area contributed by atoms with Gasteiger partial charge in [-0.3, -0.25) is 11.3 Å². The Morgan fingerprint density at radius 3 is 2.59 bits per heavy atom. The molecule has 1 atom stereocenters. The number of hydrogen-bond acceptors (Lipinski definition) is 2. The van der Waals surface area contributed by atoms with Crippen molar-refractivity contribution in [3.8, 4) is 0 Å². The Bertz CT molecular complexity index is 517. The van der Waals surface area contributed by atoms with Gasteiger partial charge < -0.3 is 0 Å². The van der Waals surface area contributed by atoms with Crippen LogP contribution in [-0.2, 0) is 0 Å². The maximum Gasteiger partial charge on any atom is 0.0462 e. The third-order valence-electron chi connectivity index (χ3n) is 3.64. The number of nitrogens with one attached hydrogen (secondary N) is 1. The van der Waals surface area contributed by atoms with Crippen molar-refractivity contribution >= 4 is 10.8 Å². The van der Waals surface area contributed by atoms with E-state index in [0.717, 1.165) is 12.3 Å². The van der Waals surface area contributed by atoms with Crippen LogP contribution in [0.15, 0.2) is 42.5 Å². The van der Waals surface area contributed by atoms with E-state index in [0.29, 0.717) is 6.04 Å². The third kappa shape index (κ3) is 2.33. The summed E-state index contributed by atoms with van der Waals surface area (Å²) in [4.78, 5) is 0. The highest BCUT2D eigenvalue weighted by Gasteiger charge is 2.25. The third-order valence-corrected chi connectivity index (χ3v) is 3.64. The topological polar surface area (TPSA) is 38.0 Å². The quantitative estimate of drug-likeness (QED) is 0.621. The lowest BCUT2D eigenvalue weighted by atomic mass is 9.98.